The van der Waals surface area contributed by atoms with Gasteiger partial charge >= 0.3 is 0 Å². The van der Waals surface area contributed by atoms with E-state index in [1.165, 1.54) is 0 Å². The van der Waals surface area contributed by atoms with E-state index < -0.39 is 0 Å². The number of halogens is 2. The molecule has 0 spiro atoms. The lowest BCUT2D eigenvalue weighted by Crippen LogP contribution is -2.17. The molecule has 0 fully saturated rings. The van der Waals surface area contributed by atoms with Crippen LogP contribution in [0.3, 0.4) is 0 Å². The molecule has 0 aromatic carbocycles. The summed E-state index contributed by atoms with van der Waals surface area (Å²) in [6, 6.07) is 3.63. The van der Waals surface area contributed by atoms with Crippen molar-refractivity contribution in [1.29, 1.82) is 0 Å². The van der Waals surface area contributed by atoms with Gasteiger partial charge in [0.05, 0.1) is 0 Å². The van der Waals surface area contributed by atoms with Crippen LogP contribution in [0.2, 0.25) is 0 Å². The number of hydrogen-bond acceptors (Lipinski definition) is 2. The van der Waals surface area contributed by atoms with Gasteiger partial charge in [0, 0.05) is 27.9 Å². The molecule has 1 amide bonds. The summed E-state index contributed by atoms with van der Waals surface area (Å²) in [5, 5.41) is 2.80. The van der Waals surface area contributed by atoms with E-state index in [0.717, 1.165) is 21.1 Å². The molecule has 0 atom stereocenters. The lowest BCUT2D eigenvalue weighted by molar-refractivity contribution is 0.101. The Labute approximate surface area is 128 Å². The highest BCUT2D eigenvalue weighted by atomic mass is 79.9. The van der Waals surface area contributed by atoms with Gasteiger partial charge in [-0.1, -0.05) is 0 Å². The van der Waals surface area contributed by atoms with E-state index in [-0.39, 0.29) is 5.91 Å². The largest absolute Gasteiger partial charge is 0.343 e. The topological polar surface area (TPSA) is 46.9 Å². The number of nitrogens with one attached hydrogen (secondary N) is 1. The van der Waals surface area contributed by atoms with Crippen LogP contribution in [0.4, 0.5) is 5.82 Å². The molecule has 2 rings (SSSR count). The Morgan fingerprint density at radius 1 is 1.42 bits per heavy atom. The number of anilines is 1. The molecule has 19 heavy (non-hydrogen) atoms. The van der Waals surface area contributed by atoms with Crippen molar-refractivity contribution in [1.82, 2.24) is 9.55 Å². The molecule has 2 aromatic rings. The molecule has 6 heteroatoms. The average molecular weight is 387 g/mol. The molecule has 0 saturated heterocycles. The minimum Gasteiger partial charge on any atom is -0.343 e. The predicted molar refractivity (Wildman–Crippen MR) is 82.4 cm³/mol. The second-order valence-electron chi connectivity index (χ2n) is 4.10. The quantitative estimate of drug-likeness (QED) is 0.866. The Morgan fingerprint density at radius 2 is 2.16 bits per heavy atom. The zero-order valence-corrected chi connectivity index (χ0v) is 13.7. The predicted octanol–water partition coefficient (Wildman–Crippen LogP) is 3.99. The van der Waals surface area contributed by atoms with Crippen LogP contribution < -0.4 is 5.32 Å². The van der Waals surface area contributed by atoms with Crippen LogP contribution in [0.5, 0.6) is 0 Å². The molecule has 4 nitrogen and oxygen atoms in total. The Hall–Kier alpha value is -1.14. The van der Waals surface area contributed by atoms with Gasteiger partial charge in [0.15, 0.2) is 0 Å². The third-order valence-electron chi connectivity index (χ3n) is 2.73. The lowest BCUT2D eigenvalue weighted by Gasteiger charge is -2.08. The molecule has 0 radical (unpaired) electrons. The van der Waals surface area contributed by atoms with Crippen molar-refractivity contribution in [2.75, 3.05) is 5.32 Å². The Bertz CT molecular complexity index is 622. The third kappa shape index (κ3) is 3.25. The summed E-state index contributed by atoms with van der Waals surface area (Å²) in [6.07, 6.45) is 3.56. The summed E-state index contributed by atoms with van der Waals surface area (Å²) in [6.45, 7) is 4.68. The Balaban J connectivity index is 2.22. The second kappa shape index (κ2) is 5.88. The van der Waals surface area contributed by atoms with Crippen molar-refractivity contribution < 1.29 is 4.79 Å². The summed E-state index contributed by atoms with van der Waals surface area (Å²) < 4.78 is 3.69. The Kier molecular flexibility index (Phi) is 4.42. The van der Waals surface area contributed by atoms with E-state index in [4.69, 9.17) is 0 Å². The molecule has 0 aliphatic heterocycles. The second-order valence-corrected chi connectivity index (χ2v) is 5.87. The normalized spacial score (nSPS) is 10.5. The maximum absolute atomic E-state index is 12.2. The summed E-state index contributed by atoms with van der Waals surface area (Å²) in [5.41, 5.74) is 1.63. The highest BCUT2D eigenvalue weighted by Crippen LogP contribution is 2.19. The fourth-order valence-corrected chi connectivity index (χ4v) is 2.40. The van der Waals surface area contributed by atoms with Gasteiger partial charge in [0.2, 0.25) is 0 Å². The minimum absolute atomic E-state index is 0.165. The van der Waals surface area contributed by atoms with E-state index in [0.29, 0.717) is 11.5 Å². The zero-order chi connectivity index (χ0) is 14.0. The highest BCUT2D eigenvalue weighted by Gasteiger charge is 2.13. The number of carbonyl (C=O) groups excluding carboxylic acids is 1. The molecule has 0 aliphatic carbocycles. The first-order chi connectivity index (χ1) is 9.01. The van der Waals surface area contributed by atoms with Crippen molar-refractivity contribution in [2.45, 2.75) is 20.4 Å². The van der Waals surface area contributed by atoms with Crippen LogP contribution in [0, 0.1) is 6.92 Å². The molecule has 0 bridgehead atoms. The van der Waals surface area contributed by atoms with Gasteiger partial charge in [0.1, 0.15) is 11.5 Å². The first-order valence-corrected chi connectivity index (χ1v) is 7.39. The molecule has 100 valence electrons. The van der Waals surface area contributed by atoms with Gasteiger partial charge in [-0.3, -0.25) is 4.79 Å². The van der Waals surface area contributed by atoms with Gasteiger partial charge in [0.25, 0.3) is 5.91 Å². The van der Waals surface area contributed by atoms with Crippen LogP contribution >= 0.6 is 31.9 Å². The molecule has 0 aliphatic rings. The fraction of sp³-hybridized carbons (Fsp3) is 0.231. The highest BCUT2D eigenvalue weighted by molar-refractivity contribution is 9.10. The number of aryl methyl sites for hydroxylation is 2. The summed E-state index contributed by atoms with van der Waals surface area (Å²) in [7, 11) is 0. The first kappa shape index (κ1) is 14.3. The molecule has 2 aromatic heterocycles. The van der Waals surface area contributed by atoms with Crippen LogP contribution in [0.15, 0.2) is 33.5 Å². The van der Waals surface area contributed by atoms with E-state index in [2.05, 4.69) is 42.2 Å². The summed E-state index contributed by atoms with van der Waals surface area (Å²) >= 11 is 6.76. The minimum atomic E-state index is -0.165. The van der Waals surface area contributed by atoms with Crippen LogP contribution in [-0.2, 0) is 6.54 Å². The number of hydrogen-bond donors (Lipinski definition) is 1. The number of pyridine rings is 1. The number of rotatable bonds is 3. The van der Waals surface area contributed by atoms with E-state index in [1.807, 2.05) is 30.7 Å². The molecular weight excluding hydrogens is 374 g/mol. The third-order valence-corrected chi connectivity index (χ3v) is 3.99. The van der Waals surface area contributed by atoms with Gasteiger partial charge in [-0.05, 0) is 63.4 Å². The summed E-state index contributed by atoms with van der Waals surface area (Å²) in [5.74, 6) is 0.382. The van der Waals surface area contributed by atoms with Crippen molar-refractivity contribution >= 4 is 43.6 Å². The number of carbonyl (C=O) groups is 1. The van der Waals surface area contributed by atoms with Crippen LogP contribution in [-0.4, -0.2) is 15.5 Å². The molecule has 0 unspecified atom stereocenters. The monoisotopic (exact) mass is 385 g/mol. The van der Waals surface area contributed by atoms with Crippen LogP contribution in [0.1, 0.15) is 23.0 Å². The zero-order valence-electron chi connectivity index (χ0n) is 10.6. The summed E-state index contributed by atoms with van der Waals surface area (Å²) in [4.78, 5) is 16.4. The smallest absolute Gasteiger partial charge is 0.273 e. The molecule has 2 heterocycles. The maximum atomic E-state index is 12.2. The van der Waals surface area contributed by atoms with E-state index in [9.17, 15) is 4.79 Å². The number of amides is 1. The fourth-order valence-electron chi connectivity index (χ4n) is 1.71. The number of nitrogens with zero attached hydrogens (tertiary/aromatic N) is 2. The molecular formula is C13H13Br2N3O. The SMILES string of the molecule is CCn1cc(Br)cc1C(=O)Nc1cc(C)c(Br)cn1. The first-order valence-electron chi connectivity index (χ1n) is 5.80. The number of aromatic nitrogens is 2. The van der Waals surface area contributed by atoms with Gasteiger partial charge in [-0.25, -0.2) is 4.98 Å². The Morgan fingerprint density at radius 3 is 2.79 bits per heavy atom. The molecule has 1 N–H and O–H groups in total. The standard InChI is InChI=1S/C13H13Br2N3O/c1-3-18-7-9(14)5-11(18)13(19)17-12-4-8(2)10(15)6-16-12/h4-7H,3H2,1-2H3,(H,16,17,19). The average Bonchev–Trinajstić information content (AvgIpc) is 2.75. The lowest BCUT2D eigenvalue weighted by atomic mass is 10.3. The van der Waals surface area contributed by atoms with Crippen molar-refractivity contribution in [2.24, 2.45) is 0 Å². The van der Waals surface area contributed by atoms with Crippen molar-refractivity contribution in [3.05, 3.63) is 44.7 Å². The van der Waals surface area contributed by atoms with Crippen molar-refractivity contribution in [3.8, 4) is 0 Å². The van der Waals surface area contributed by atoms with Gasteiger partial charge in [-0.2, -0.15) is 0 Å². The van der Waals surface area contributed by atoms with Crippen LogP contribution in [0.25, 0.3) is 0 Å². The van der Waals surface area contributed by atoms with Crippen molar-refractivity contribution in [3.63, 3.8) is 0 Å². The van der Waals surface area contributed by atoms with Gasteiger partial charge < -0.3 is 9.88 Å². The van der Waals surface area contributed by atoms with E-state index >= 15 is 0 Å². The van der Waals surface area contributed by atoms with Gasteiger partial charge in [-0.15, -0.1) is 0 Å². The van der Waals surface area contributed by atoms with E-state index in [1.54, 1.807) is 12.3 Å². The molecule has 0 saturated carbocycles. The maximum Gasteiger partial charge on any atom is 0.273 e.